The van der Waals surface area contributed by atoms with E-state index in [2.05, 4.69) is 11.2 Å². The number of nitrogens with zero attached hydrogens (tertiary/aromatic N) is 3. The maximum atomic E-state index is 11.9. The average Bonchev–Trinajstić information content (AvgIpc) is 2.81. The summed E-state index contributed by atoms with van der Waals surface area (Å²) >= 11 is 0. The van der Waals surface area contributed by atoms with Crippen molar-refractivity contribution < 1.29 is 8.42 Å². The molecule has 0 atom stereocenters. The number of aryl methyl sites for hydroxylation is 2. The summed E-state index contributed by atoms with van der Waals surface area (Å²) in [5.41, 5.74) is 3.02. The molecule has 102 valence electrons. The Labute approximate surface area is 112 Å². The van der Waals surface area contributed by atoms with Gasteiger partial charge >= 0.3 is 0 Å². The molecule has 5 nitrogen and oxygen atoms in total. The highest BCUT2D eigenvalue weighted by atomic mass is 32.2. The van der Waals surface area contributed by atoms with Crippen LogP contribution in [0.2, 0.25) is 0 Å². The number of fused-ring (bicyclic) bond motifs is 1. The molecule has 19 heavy (non-hydrogen) atoms. The van der Waals surface area contributed by atoms with E-state index in [1.807, 2.05) is 26.2 Å². The van der Waals surface area contributed by atoms with E-state index in [0.717, 1.165) is 28.5 Å². The molecule has 1 aliphatic heterocycles. The Kier molecular flexibility index (Phi) is 2.87. The van der Waals surface area contributed by atoms with Crippen molar-refractivity contribution in [2.75, 3.05) is 12.3 Å². The minimum Gasteiger partial charge on any atom is -0.275 e. The first-order valence-electron chi connectivity index (χ1n) is 6.36. The van der Waals surface area contributed by atoms with Crippen LogP contribution in [0.5, 0.6) is 0 Å². The number of sulfonamides is 1. The number of benzene rings is 1. The minimum atomic E-state index is -3.06. The lowest BCUT2D eigenvalue weighted by molar-refractivity contribution is 0.440. The molecular formula is C13H17N3O2S. The third kappa shape index (κ3) is 2.26. The topological polar surface area (TPSA) is 55.2 Å². The predicted octanol–water partition coefficient (Wildman–Crippen LogP) is 1.42. The highest BCUT2D eigenvalue weighted by Gasteiger charge is 2.28. The molecule has 0 saturated carbocycles. The largest absolute Gasteiger partial charge is 0.275 e. The van der Waals surface area contributed by atoms with Crippen LogP contribution in [-0.2, 0) is 23.6 Å². The Bertz CT molecular complexity index is 734. The molecule has 2 aromatic rings. The second-order valence-electron chi connectivity index (χ2n) is 5.17. The van der Waals surface area contributed by atoms with E-state index in [1.165, 1.54) is 0 Å². The van der Waals surface area contributed by atoms with Crippen LogP contribution in [0.4, 0.5) is 0 Å². The number of hydrogen-bond acceptors (Lipinski definition) is 3. The van der Waals surface area contributed by atoms with E-state index in [9.17, 15) is 8.42 Å². The molecular weight excluding hydrogens is 262 g/mol. The van der Waals surface area contributed by atoms with E-state index in [1.54, 1.807) is 8.99 Å². The van der Waals surface area contributed by atoms with Gasteiger partial charge in [0.15, 0.2) is 0 Å². The van der Waals surface area contributed by atoms with E-state index >= 15 is 0 Å². The summed E-state index contributed by atoms with van der Waals surface area (Å²) in [6.45, 7) is 3.07. The molecule has 6 heteroatoms. The van der Waals surface area contributed by atoms with E-state index < -0.39 is 10.0 Å². The molecule has 0 N–H and O–H groups in total. The quantitative estimate of drug-likeness (QED) is 0.835. The summed E-state index contributed by atoms with van der Waals surface area (Å²) in [7, 11) is -1.18. The zero-order valence-corrected chi connectivity index (χ0v) is 11.9. The maximum Gasteiger partial charge on any atom is 0.214 e. The lowest BCUT2D eigenvalue weighted by Crippen LogP contribution is -2.25. The fourth-order valence-corrected chi connectivity index (χ4v) is 4.17. The normalized spacial score (nSPS) is 19.3. The monoisotopic (exact) mass is 279 g/mol. The Hall–Kier alpha value is -1.40. The van der Waals surface area contributed by atoms with Crippen molar-refractivity contribution in [3.05, 3.63) is 29.5 Å². The summed E-state index contributed by atoms with van der Waals surface area (Å²) in [5.74, 6) is 0.268. The second-order valence-corrected chi connectivity index (χ2v) is 7.26. The zero-order chi connectivity index (χ0) is 13.6. The Morgan fingerprint density at radius 3 is 2.84 bits per heavy atom. The molecule has 0 radical (unpaired) electrons. The van der Waals surface area contributed by atoms with Crippen molar-refractivity contribution in [1.29, 1.82) is 0 Å². The highest BCUT2D eigenvalue weighted by molar-refractivity contribution is 7.89. The van der Waals surface area contributed by atoms with Gasteiger partial charge in [0.2, 0.25) is 10.0 Å². The third-order valence-corrected chi connectivity index (χ3v) is 5.40. The van der Waals surface area contributed by atoms with Crippen LogP contribution >= 0.6 is 0 Å². The van der Waals surface area contributed by atoms with Gasteiger partial charge in [-0.25, -0.2) is 8.42 Å². The van der Waals surface area contributed by atoms with Crippen LogP contribution in [0.1, 0.15) is 17.5 Å². The van der Waals surface area contributed by atoms with E-state index in [0.29, 0.717) is 13.1 Å². The summed E-state index contributed by atoms with van der Waals surface area (Å²) in [5, 5.41) is 5.50. The van der Waals surface area contributed by atoms with Gasteiger partial charge < -0.3 is 0 Å². The van der Waals surface area contributed by atoms with Gasteiger partial charge in [-0.05, 0) is 25.0 Å². The van der Waals surface area contributed by atoms with Gasteiger partial charge in [0.1, 0.15) is 0 Å². The van der Waals surface area contributed by atoms with Crippen LogP contribution in [0.3, 0.4) is 0 Å². The lowest BCUT2D eigenvalue weighted by Gasteiger charge is -2.14. The van der Waals surface area contributed by atoms with Gasteiger partial charge in [0, 0.05) is 31.7 Å². The van der Waals surface area contributed by atoms with Crippen molar-refractivity contribution in [2.45, 2.75) is 19.9 Å². The lowest BCUT2D eigenvalue weighted by atomic mass is 10.1. The van der Waals surface area contributed by atoms with Gasteiger partial charge in [-0.2, -0.15) is 9.40 Å². The van der Waals surface area contributed by atoms with Crippen molar-refractivity contribution in [3.63, 3.8) is 0 Å². The molecule has 0 unspecified atom stereocenters. The highest BCUT2D eigenvalue weighted by Crippen LogP contribution is 2.24. The van der Waals surface area contributed by atoms with Gasteiger partial charge in [-0.3, -0.25) is 4.68 Å². The first-order chi connectivity index (χ1) is 8.95. The minimum absolute atomic E-state index is 0.268. The number of rotatable bonds is 2. The number of aromatic nitrogens is 2. The molecule has 1 saturated heterocycles. The average molecular weight is 279 g/mol. The van der Waals surface area contributed by atoms with Crippen LogP contribution < -0.4 is 0 Å². The summed E-state index contributed by atoms with van der Waals surface area (Å²) in [4.78, 5) is 0. The van der Waals surface area contributed by atoms with Crippen molar-refractivity contribution >= 4 is 20.9 Å². The second kappa shape index (κ2) is 4.31. The molecule has 0 bridgehead atoms. The standard InChI is InChI=1S/C13H17N3O2S/c1-10-6-11-8-15(2)14-13(11)12(7-10)9-16-4-3-5-19(16,17)18/h6-8H,3-5,9H2,1-2H3. The first kappa shape index (κ1) is 12.6. The zero-order valence-electron chi connectivity index (χ0n) is 11.1. The number of hydrogen-bond donors (Lipinski definition) is 0. The summed E-state index contributed by atoms with van der Waals surface area (Å²) in [6, 6.07) is 4.10. The maximum absolute atomic E-state index is 11.9. The van der Waals surface area contributed by atoms with Crippen LogP contribution in [-0.4, -0.2) is 34.8 Å². The Balaban J connectivity index is 2.05. The molecule has 1 fully saturated rings. The van der Waals surface area contributed by atoms with E-state index in [-0.39, 0.29) is 5.75 Å². The van der Waals surface area contributed by atoms with Crippen LogP contribution in [0, 0.1) is 6.92 Å². The van der Waals surface area contributed by atoms with Gasteiger partial charge in [-0.15, -0.1) is 0 Å². The Morgan fingerprint density at radius 2 is 2.16 bits per heavy atom. The predicted molar refractivity (Wildman–Crippen MR) is 74.3 cm³/mol. The molecule has 1 aromatic carbocycles. The molecule has 2 heterocycles. The van der Waals surface area contributed by atoms with Crippen molar-refractivity contribution in [1.82, 2.24) is 14.1 Å². The molecule has 3 rings (SSSR count). The van der Waals surface area contributed by atoms with E-state index in [4.69, 9.17) is 0 Å². The fourth-order valence-electron chi connectivity index (χ4n) is 2.67. The van der Waals surface area contributed by atoms with Crippen molar-refractivity contribution in [2.24, 2.45) is 7.05 Å². The van der Waals surface area contributed by atoms with Gasteiger partial charge in [-0.1, -0.05) is 11.6 Å². The van der Waals surface area contributed by atoms with Crippen molar-refractivity contribution in [3.8, 4) is 0 Å². The first-order valence-corrected chi connectivity index (χ1v) is 7.97. The smallest absolute Gasteiger partial charge is 0.214 e. The molecule has 0 aliphatic carbocycles. The molecule has 0 spiro atoms. The van der Waals surface area contributed by atoms with Crippen LogP contribution in [0.25, 0.3) is 10.9 Å². The molecule has 1 aromatic heterocycles. The Morgan fingerprint density at radius 1 is 1.37 bits per heavy atom. The van der Waals surface area contributed by atoms with Crippen LogP contribution in [0.15, 0.2) is 18.3 Å². The van der Waals surface area contributed by atoms with Gasteiger partial charge in [0.25, 0.3) is 0 Å². The summed E-state index contributed by atoms with van der Waals surface area (Å²) < 4.78 is 27.1. The van der Waals surface area contributed by atoms with Gasteiger partial charge in [0.05, 0.1) is 11.3 Å². The fraction of sp³-hybridized carbons (Fsp3) is 0.462. The molecule has 1 aliphatic rings. The summed E-state index contributed by atoms with van der Waals surface area (Å²) in [6.07, 6.45) is 2.68. The molecule has 0 amide bonds. The third-order valence-electron chi connectivity index (χ3n) is 3.50. The SMILES string of the molecule is Cc1cc(CN2CCCS2(=O)=O)c2nn(C)cc2c1.